The van der Waals surface area contributed by atoms with Crippen molar-refractivity contribution in [1.82, 2.24) is 10.2 Å². The first kappa shape index (κ1) is 24.6. The van der Waals surface area contributed by atoms with Crippen molar-refractivity contribution < 1.29 is 19.1 Å². The van der Waals surface area contributed by atoms with Gasteiger partial charge < -0.3 is 15.4 Å². The number of hydrogen-bond donors (Lipinski definition) is 2. The summed E-state index contributed by atoms with van der Waals surface area (Å²) in [6, 6.07) is 15.0. The van der Waals surface area contributed by atoms with Gasteiger partial charge in [0, 0.05) is 12.2 Å². The van der Waals surface area contributed by atoms with Gasteiger partial charge in [0.15, 0.2) is 4.84 Å². The number of urea groups is 1. The van der Waals surface area contributed by atoms with Crippen molar-refractivity contribution in [3.8, 4) is 0 Å². The van der Waals surface area contributed by atoms with Crippen LogP contribution in [-0.2, 0) is 14.3 Å². The Bertz CT molecular complexity index is 1040. The molecule has 0 radical (unpaired) electrons. The van der Waals surface area contributed by atoms with Crippen molar-refractivity contribution in [2.75, 3.05) is 18.5 Å². The summed E-state index contributed by atoms with van der Waals surface area (Å²) < 4.78 is 5.39. The molecule has 1 atom stereocenters. The maximum atomic E-state index is 13.2. The van der Waals surface area contributed by atoms with Gasteiger partial charge in [-0.05, 0) is 36.6 Å². The third kappa shape index (κ3) is 5.67. The minimum atomic E-state index is -1.20. The lowest BCUT2D eigenvalue weighted by Gasteiger charge is -2.36. The third-order valence-corrected chi connectivity index (χ3v) is 5.42. The average Bonchev–Trinajstić information content (AvgIpc) is 2.81. The molecule has 7 nitrogen and oxygen atoms in total. The first-order valence-electron chi connectivity index (χ1n) is 10.6. The first-order chi connectivity index (χ1) is 15.9. The summed E-state index contributed by atoms with van der Waals surface area (Å²) in [5, 5.41) is 5.52. The van der Waals surface area contributed by atoms with Crippen LogP contribution < -0.4 is 10.6 Å². The number of amides is 3. The fourth-order valence-electron chi connectivity index (χ4n) is 3.63. The highest BCUT2D eigenvalue weighted by molar-refractivity contribution is 6.54. The number of esters is 1. The summed E-state index contributed by atoms with van der Waals surface area (Å²) in [7, 11) is 0. The fraction of sp³-hybridized carbons (Fsp3) is 0.292. The van der Waals surface area contributed by atoms with E-state index < -0.39 is 22.8 Å². The topological polar surface area (TPSA) is 87.7 Å². The minimum absolute atomic E-state index is 0.196. The number of nitrogens with one attached hydrogen (secondary N) is 2. The lowest BCUT2D eigenvalue weighted by atomic mass is 9.91. The van der Waals surface area contributed by atoms with E-state index in [-0.39, 0.29) is 12.6 Å². The number of hydrogen-bond acceptors (Lipinski definition) is 4. The van der Waals surface area contributed by atoms with E-state index in [1.807, 2.05) is 37.3 Å². The summed E-state index contributed by atoms with van der Waals surface area (Å²) in [6.07, 6.45) is 0.709. The van der Waals surface area contributed by atoms with Crippen LogP contribution in [0.15, 0.2) is 60.2 Å². The molecule has 0 saturated carbocycles. The number of carbonyl (C=O) groups excluding carboxylic acids is 3. The molecule has 0 bridgehead atoms. The fourth-order valence-corrected chi connectivity index (χ4v) is 3.74. The van der Waals surface area contributed by atoms with Gasteiger partial charge in [-0.25, -0.2) is 9.59 Å². The van der Waals surface area contributed by atoms with Gasteiger partial charge in [0.1, 0.15) is 0 Å². The third-order valence-electron chi connectivity index (χ3n) is 5.03. The minimum Gasteiger partial charge on any atom is -0.463 e. The van der Waals surface area contributed by atoms with Gasteiger partial charge in [0.25, 0.3) is 5.91 Å². The number of alkyl halides is 2. The standard InChI is InChI=1S/C24H25Cl2N3O4/c1-3-14-29-20(16-8-6-5-7-9-16)18(23(31)33-4-2)19(28-24(29)32)15-10-12-17(13-11-15)27-22(30)21(25)26/h5-13,19,21H,3-4,14H2,1-2H3,(H,27,30)(H,28,32). The molecule has 0 fully saturated rings. The van der Waals surface area contributed by atoms with Crippen LogP contribution in [0.5, 0.6) is 0 Å². The second kappa shape index (κ2) is 11.2. The Labute approximate surface area is 202 Å². The van der Waals surface area contributed by atoms with Crippen LogP contribution in [0.3, 0.4) is 0 Å². The molecule has 9 heteroatoms. The van der Waals surface area contributed by atoms with Crippen LogP contribution >= 0.6 is 23.2 Å². The molecule has 2 aromatic carbocycles. The zero-order valence-electron chi connectivity index (χ0n) is 18.3. The van der Waals surface area contributed by atoms with E-state index in [1.165, 1.54) is 0 Å². The zero-order valence-corrected chi connectivity index (χ0v) is 19.8. The van der Waals surface area contributed by atoms with Gasteiger partial charge >= 0.3 is 12.0 Å². The SMILES string of the molecule is CCCN1C(=O)NC(c2ccc(NC(=O)C(Cl)Cl)cc2)C(C(=O)OCC)=C1c1ccccc1. The Kier molecular flexibility index (Phi) is 8.36. The average molecular weight is 490 g/mol. The van der Waals surface area contributed by atoms with E-state index in [2.05, 4.69) is 10.6 Å². The zero-order chi connectivity index (χ0) is 24.0. The van der Waals surface area contributed by atoms with Crippen molar-refractivity contribution in [3.05, 3.63) is 71.3 Å². The number of halogens is 2. The van der Waals surface area contributed by atoms with Gasteiger partial charge in [-0.3, -0.25) is 9.69 Å². The van der Waals surface area contributed by atoms with E-state index in [9.17, 15) is 14.4 Å². The molecule has 1 aliphatic rings. The number of carbonyl (C=O) groups is 3. The Morgan fingerprint density at radius 3 is 2.33 bits per heavy atom. The molecule has 0 saturated heterocycles. The smallest absolute Gasteiger partial charge is 0.338 e. The Morgan fingerprint density at radius 1 is 1.09 bits per heavy atom. The van der Waals surface area contributed by atoms with Crippen molar-refractivity contribution >= 4 is 52.5 Å². The second-order valence-corrected chi connectivity index (χ2v) is 8.39. The molecule has 0 spiro atoms. The predicted octanol–water partition coefficient (Wildman–Crippen LogP) is 4.88. The first-order valence-corrected chi connectivity index (χ1v) is 11.5. The molecule has 0 aromatic heterocycles. The van der Waals surface area contributed by atoms with Gasteiger partial charge in [0.05, 0.1) is 23.9 Å². The van der Waals surface area contributed by atoms with Crippen molar-refractivity contribution in [2.45, 2.75) is 31.1 Å². The Hall–Kier alpha value is -3.03. The van der Waals surface area contributed by atoms with Crippen LogP contribution in [0.2, 0.25) is 0 Å². The maximum Gasteiger partial charge on any atom is 0.338 e. The molecule has 3 rings (SSSR count). The maximum absolute atomic E-state index is 13.2. The molecule has 1 unspecified atom stereocenters. The Balaban J connectivity index is 2.11. The highest BCUT2D eigenvalue weighted by atomic mass is 35.5. The van der Waals surface area contributed by atoms with Crippen LogP contribution in [0.1, 0.15) is 37.4 Å². The van der Waals surface area contributed by atoms with Crippen molar-refractivity contribution in [1.29, 1.82) is 0 Å². The molecule has 2 aromatic rings. The molecular weight excluding hydrogens is 465 g/mol. The lowest BCUT2D eigenvalue weighted by molar-refractivity contribution is -0.139. The summed E-state index contributed by atoms with van der Waals surface area (Å²) >= 11 is 11.2. The molecular formula is C24H25Cl2N3O4. The molecule has 3 amide bonds. The second-order valence-electron chi connectivity index (χ2n) is 7.29. The van der Waals surface area contributed by atoms with Crippen LogP contribution in [-0.4, -0.2) is 40.8 Å². The summed E-state index contributed by atoms with van der Waals surface area (Å²) in [4.78, 5) is 38.4. The summed E-state index contributed by atoms with van der Waals surface area (Å²) in [6.45, 7) is 4.33. The normalized spacial score (nSPS) is 16.0. The van der Waals surface area contributed by atoms with Crippen LogP contribution in [0, 0.1) is 0 Å². The van der Waals surface area contributed by atoms with Crippen molar-refractivity contribution in [2.24, 2.45) is 0 Å². The van der Waals surface area contributed by atoms with Crippen LogP contribution in [0.4, 0.5) is 10.5 Å². The largest absolute Gasteiger partial charge is 0.463 e. The highest BCUT2D eigenvalue weighted by Crippen LogP contribution is 2.37. The van der Waals surface area contributed by atoms with E-state index in [0.717, 1.165) is 5.56 Å². The van der Waals surface area contributed by atoms with E-state index in [1.54, 1.807) is 36.1 Å². The quantitative estimate of drug-likeness (QED) is 0.408. The van der Waals surface area contributed by atoms with Gasteiger partial charge in [-0.1, -0.05) is 72.6 Å². The lowest BCUT2D eigenvalue weighted by Crippen LogP contribution is -2.48. The molecule has 174 valence electrons. The molecule has 1 heterocycles. The highest BCUT2D eigenvalue weighted by Gasteiger charge is 2.38. The van der Waals surface area contributed by atoms with E-state index in [0.29, 0.717) is 35.5 Å². The molecule has 1 aliphatic heterocycles. The summed E-state index contributed by atoms with van der Waals surface area (Å²) in [5.74, 6) is -1.06. The number of rotatable bonds is 8. The molecule has 0 aliphatic carbocycles. The molecule has 2 N–H and O–H groups in total. The number of nitrogens with zero attached hydrogens (tertiary/aromatic N) is 1. The summed E-state index contributed by atoms with van der Waals surface area (Å²) in [5.41, 5.74) is 2.74. The van der Waals surface area contributed by atoms with Crippen molar-refractivity contribution in [3.63, 3.8) is 0 Å². The van der Waals surface area contributed by atoms with Gasteiger partial charge in [-0.15, -0.1) is 0 Å². The number of anilines is 1. The van der Waals surface area contributed by atoms with Gasteiger partial charge in [0.2, 0.25) is 0 Å². The van der Waals surface area contributed by atoms with E-state index in [4.69, 9.17) is 27.9 Å². The molecule has 33 heavy (non-hydrogen) atoms. The number of benzene rings is 2. The Morgan fingerprint density at radius 2 is 1.76 bits per heavy atom. The van der Waals surface area contributed by atoms with E-state index >= 15 is 0 Å². The monoisotopic (exact) mass is 489 g/mol. The van der Waals surface area contributed by atoms with Gasteiger partial charge in [-0.2, -0.15) is 0 Å². The van der Waals surface area contributed by atoms with Crippen LogP contribution in [0.25, 0.3) is 5.70 Å². The predicted molar refractivity (Wildman–Crippen MR) is 129 cm³/mol. The number of ether oxygens (including phenoxy) is 1.